The normalized spacial score (nSPS) is 18.7. The van der Waals surface area contributed by atoms with E-state index in [9.17, 15) is 4.79 Å². The second-order valence-corrected chi connectivity index (χ2v) is 5.34. The lowest BCUT2D eigenvalue weighted by Crippen LogP contribution is -2.28. The predicted octanol–water partition coefficient (Wildman–Crippen LogP) is 3.84. The summed E-state index contributed by atoms with van der Waals surface area (Å²) in [5.74, 6) is 0. The van der Waals surface area contributed by atoms with Crippen molar-refractivity contribution in [3.05, 3.63) is 26.6 Å². The van der Waals surface area contributed by atoms with E-state index in [1.165, 1.54) is 30.1 Å². The van der Waals surface area contributed by atoms with Gasteiger partial charge < -0.3 is 0 Å². The van der Waals surface area contributed by atoms with Gasteiger partial charge in [0.2, 0.25) is 0 Å². The van der Waals surface area contributed by atoms with Crippen molar-refractivity contribution >= 4 is 23.2 Å². The van der Waals surface area contributed by atoms with Crippen LogP contribution in [-0.4, -0.2) is 9.78 Å². The summed E-state index contributed by atoms with van der Waals surface area (Å²) in [5.41, 5.74) is -0.259. The minimum absolute atomic E-state index is 0.0868. The average molecular weight is 275 g/mol. The molecule has 0 radical (unpaired) electrons. The highest BCUT2D eigenvalue weighted by Crippen LogP contribution is 2.25. The molecule has 0 atom stereocenters. The number of aromatic nitrogens is 2. The third kappa shape index (κ3) is 3.02. The number of hydrogen-bond donors (Lipinski definition) is 0. The molecule has 1 aliphatic rings. The van der Waals surface area contributed by atoms with Gasteiger partial charge in [-0.25, -0.2) is 4.68 Å². The van der Waals surface area contributed by atoms with Gasteiger partial charge in [0.1, 0.15) is 5.02 Å². The van der Waals surface area contributed by atoms with Crippen molar-refractivity contribution in [2.45, 2.75) is 51.0 Å². The van der Waals surface area contributed by atoms with Crippen LogP contribution in [0.4, 0.5) is 0 Å². The van der Waals surface area contributed by atoms with Gasteiger partial charge >= 0.3 is 0 Å². The van der Waals surface area contributed by atoms with E-state index >= 15 is 0 Å². The predicted molar refractivity (Wildman–Crippen MR) is 69.9 cm³/mol. The number of nitrogens with zero attached hydrogens (tertiary/aromatic N) is 2. The fourth-order valence-corrected chi connectivity index (χ4v) is 2.62. The monoisotopic (exact) mass is 274 g/mol. The molecule has 0 bridgehead atoms. The van der Waals surface area contributed by atoms with Crippen molar-refractivity contribution in [2.24, 2.45) is 0 Å². The zero-order valence-corrected chi connectivity index (χ0v) is 11.2. The zero-order chi connectivity index (χ0) is 12.3. The molecule has 5 heteroatoms. The summed E-state index contributed by atoms with van der Waals surface area (Å²) >= 11 is 11.6. The van der Waals surface area contributed by atoms with E-state index in [1.807, 2.05) is 0 Å². The van der Waals surface area contributed by atoms with Crippen molar-refractivity contribution < 1.29 is 0 Å². The molecule has 0 aliphatic heterocycles. The van der Waals surface area contributed by atoms with Gasteiger partial charge in [-0.1, -0.05) is 55.3 Å². The van der Waals surface area contributed by atoms with Crippen LogP contribution in [0.15, 0.2) is 11.0 Å². The van der Waals surface area contributed by atoms with Gasteiger partial charge in [0.15, 0.2) is 0 Å². The van der Waals surface area contributed by atoms with E-state index < -0.39 is 0 Å². The summed E-state index contributed by atoms with van der Waals surface area (Å²) in [4.78, 5) is 12.0. The first-order chi connectivity index (χ1) is 8.20. The Balaban J connectivity index is 2.26. The van der Waals surface area contributed by atoms with Crippen LogP contribution < -0.4 is 5.56 Å². The minimum Gasteiger partial charge on any atom is -0.266 e. The van der Waals surface area contributed by atoms with Crippen LogP contribution in [0.3, 0.4) is 0 Å². The second kappa shape index (κ2) is 5.87. The highest BCUT2D eigenvalue weighted by Gasteiger charge is 2.17. The van der Waals surface area contributed by atoms with E-state index in [-0.39, 0.29) is 21.6 Å². The molecule has 1 aliphatic carbocycles. The Morgan fingerprint density at radius 1 is 1.12 bits per heavy atom. The Kier molecular flexibility index (Phi) is 4.46. The molecule has 2 rings (SSSR count). The molecule has 1 fully saturated rings. The van der Waals surface area contributed by atoms with Crippen LogP contribution >= 0.6 is 23.2 Å². The van der Waals surface area contributed by atoms with Crippen molar-refractivity contribution in [2.75, 3.05) is 0 Å². The van der Waals surface area contributed by atoms with E-state index in [1.54, 1.807) is 0 Å². The average Bonchev–Trinajstić information content (AvgIpc) is 2.27. The maximum atomic E-state index is 12.0. The summed E-state index contributed by atoms with van der Waals surface area (Å²) in [6.45, 7) is 0. The summed E-state index contributed by atoms with van der Waals surface area (Å²) in [7, 11) is 0. The van der Waals surface area contributed by atoms with Gasteiger partial charge in [-0.15, -0.1) is 0 Å². The van der Waals surface area contributed by atoms with Crippen LogP contribution in [0.5, 0.6) is 0 Å². The maximum absolute atomic E-state index is 12.0. The van der Waals surface area contributed by atoms with Crippen molar-refractivity contribution in [3.63, 3.8) is 0 Å². The molecule has 1 saturated carbocycles. The molecule has 1 aromatic rings. The molecule has 0 spiro atoms. The molecule has 17 heavy (non-hydrogen) atoms. The Bertz CT molecular complexity index is 437. The molecular weight excluding hydrogens is 259 g/mol. The summed E-state index contributed by atoms with van der Waals surface area (Å²) in [5, 5.41) is 4.44. The molecule has 0 saturated heterocycles. The quantitative estimate of drug-likeness (QED) is 0.780. The molecule has 0 amide bonds. The number of halogens is 2. The molecular formula is C12H16Cl2N2O. The van der Waals surface area contributed by atoms with Crippen LogP contribution in [0.25, 0.3) is 0 Å². The highest BCUT2D eigenvalue weighted by molar-refractivity contribution is 6.41. The van der Waals surface area contributed by atoms with Gasteiger partial charge in [0.25, 0.3) is 5.56 Å². The van der Waals surface area contributed by atoms with Crippen LogP contribution in [0.2, 0.25) is 10.0 Å². The van der Waals surface area contributed by atoms with Gasteiger partial charge in [-0.3, -0.25) is 4.79 Å². The lowest BCUT2D eigenvalue weighted by atomic mass is 9.97. The Hall–Kier alpha value is -0.540. The highest BCUT2D eigenvalue weighted by atomic mass is 35.5. The first kappa shape index (κ1) is 12.9. The molecule has 94 valence electrons. The SMILES string of the molecule is O=c1c(Cl)c(Cl)cnn1C1CCCCCCC1. The van der Waals surface area contributed by atoms with Gasteiger partial charge in [-0.2, -0.15) is 5.10 Å². The molecule has 0 N–H and O–H groups in total. The Morgan fingerprint density at radius 2 is 1.71 bits per heavy atom. The third-order valence-corrected chi connectivity index (χ3v) is 4.07. The largest absolute Gasteiger partial charge is 0.287 e. The standard InChI is InChI=1S/C12H16Cl2N2O/c13-10-8-15-16(12(17)11(10)14)9-6-4-2-1-3-5-7-9/h8-9H,1-7H2. The smallest absolute Gasteiger partial charge is 0.266 e. The van der Waals surface area contributed by atoms with E-state index in [2.05, 4.69) is 5.10 Å². The Labute approximate surface area is 111 Å². The minimum atomic E-state index is -0.259. The molecule has 1 heterocycles. The fraction of sp³-hybridized carbons (Fsp3) is 0.667. The summed E-state index contributed by atoms with van der Waals surface area (Å²) in [6, 6.07) is 0.178. The third-order valence-electron chi connectivity index (χ3n) is 3.32. The topological polar surface area (TPSA) is 34.9 Å². The zero-order valence-electron chi connectivity index (χ0n) is 9.66. The van der Waals surface area contributed by atoms with Gasteiger partial charge in [0, 0.05) is 0 Å². The van der Waals surface area contributed by atoms with Crippen molar-refractivity contribution in [1.29, 1.82) is 0 Å². The van der Waals surface area contributed by atoms with Crippen molar-refractivity contribution in [3.8, 4) is 0 Å². The maximum Gasteiger partial charge on any atom is 0.287 e. The molecule has 3 nitrogen and oxygen atoms in total. The second-order valence-electron chi connectivity index (χ2n) is 4.56. The first-order valence-electron chi connectivity index (χ1n) is 6.13. The lowest BCUT2D eigenvalue weighted by molar-refractivity contribution is 0.336. The molecule has 0 unspecified atom stereocenters. The van der Waals surface area contributed by atoms with E-state index in [4.69, 9.17) is 23.2 Å². The van der Waals surface area contributed by atoms with E-state index in [0.29, 0.717) is 0 Å². The van der Waals surface area contributed by atoms with Gasteiger partial charge in [-0.05, 0) is 12.8 Å². The Morgan fingerprint density at radius 3 is 2.35 bits per heavy atom. The number of rotatable bonds is 1. The van der Waals surface area contributed by atoms with Crippen LogP contribution in [-0.2, 0) is 0 Å². The van der Waals surface area contributed by atoms with Gasteiger partial charge in [0.05, 0.1) is 17.3 Å². The fourth-order valence-electron chi connectivity index (χ4n) is 2.36. The van der Waals surface area contributed by atoms with Crippen LogP contribution in [0.1, 0.15) is 51.0 Å². The number of hydrogen-bond acceptors (Lipinski definition) is 2. The summed E-state index contributed by atoms with van der Waals surface area (Å²) in [6.07, 6.45) is 9.56. The first-order valence-corrected chi connectivity index (χ1v) is 6.88. The van der Waals surface area contributed by atoms with Crippen molar-refractivity contribution in [1.82, 2.24) is 9.78 Å². The van der Waals surface area contributed by atoms with E-state index in [0.717, 1.165) is 25.7 Å². The van der Waals surface area contributed by atoms with Crippen LogP contribution in [0, 0.1) is 0 Å². The molecule has 0 aromatic carbocycles. The summed E-state index contributed by atoms with van der Waals surface area (Å²) < 4.78 is 1.51. The molecule has 1 aromatic heterocycles. The lowest BCUT2D eigenvalue weighted by Gasteiger charge is -2.20.